The highest BCUT2D eigenvalue weighted by Gasteiger charge is 2.18. The average molecular weight is 330 g/mol. The van der Waals surface area contributed by atoms with Gasteiger partial charge in [0.15, 0.2) is 11.5 Å². The van der Waals surface area contributed by atoms with Crippen LogP contribution in [0.1, 0.15) is 66.3 Å². The van der Waals surface area contributed by atoms with Crippen molar-refractivity contribution < 1.29 is 14.1 Å². The van der Waals surface area contributed by atoms with Crippen molar-refractivity contribution in [2.45, 2.75) is 51.7 Å². The van der Waals surface area contributed by atoms with Gasteiger partial charge in [-0.3, -0.25) is 4.79 Å². The number of nitrogens with one attached hydrogen (secondary N) is 1. The molecular weight excluding hydrogens is 308 g/mol. The summed E-state index contributed by atoms with van der Waals surface area (Å²) in [6.45, 7) is 3.16. The van der Waals surface area contributed by atoms with Gasteiger partial charge in [0.05, 0.1) is 0 Å². The largest absolute Gasteiger partial charge is 0.370 e. The van der Waals surface area contributed by atoms with Crippen molar-refractivity contribution in [2.24, 2.45) is 0 Å². The maximum Gasteiger partial charge on any atom is 0.273 e. The van der Waals surface area contributed by atoms with Crippen molar-refractivity contribution in [1.29, 1.82) is 0 Å². The quantitative estimate of drug-likeness (QED) is 0.875. The highest BCUT2D eigenvalue weighted by Crippen LogP contribution is 2.24. The molecule has 1 aliphatic heterocycles. The zero-order valence-electron chi connectivity index (χ0n) is 13.8. The van der Waals surface area contributed by atoms with E-state index in [-0.39, 0.29) is 12.0 Å². The van der Waals surface area contributed by atoms with Crippen molar-refractivity contribution in [1.82, 2.24) is 20.4 Å². The number of carbonyl (C=O) groups excluding carboxylic acids is 1. The third kappa shape index (κ3) is 4.17. The molecule has 2 aromatic rings. The molecule has 1 aliphatic rings. The zero-order chi connectivity index (χ0) is 16.8. The second kappa shape index (κ2) is 8.01. The molecule has 3 rings (SSSR count). The summed E-state index contributed by atoms with van der Waals surface area (Å²) >= 11 is 0. The number of hydrogen-bond donors (Lipinski definition) is 1. The van der Waals surface area contributed by atoms with Crippen LogP contribution in [-0.4, -0.2) is 27.6 Å². The van der Waals surface area contributed by atoms with Crippen LogP contribution in [0.4, 0.5) is 0 Å². The fraction of sp³-hybridized carbons (Fsp3) is 0.529. The summed E-state index contributed by atoms with van der Waals surface area (Å²) in [7, 11) is 0. The van der Waals surface area contributed by atoms with Crippen molar-refractivity contribution in [2.75, 3.05) is 6.61 Å². The predicted molar refractivity (Wildman–Crippen MR) is 86.2 cm³/mol. The molecule has 1 amide bonds. The van der Waals surface area contributed by atoms with E-state index in [0.717, 1.165) is 50.0 Å². The molecule has 0 saturated carbocycles. The van der Waals surface area contributed by atoms with Crippen molar-refractivity contribution >= 4 is 5.91 Å². The number of aromatic nitrogens is 3. The first-order valence-electron chi connectivity index (χ1n) is 8.42. The third-order valence-electron chi connectivity index (χ3n) is 3.93. The SMILES string of the molecule is CCCc1cc(C(=O)NCc2cnc(C3CCCCO3)nc2)no1. The van der Waals surface area contributed by atoms with E-state index in [1.54, 1.807) is 18.5 Å². The van der Waals surface area contributed by atoms with Gasteiger partial charge in [-0.2, -0.15) is 0 Å². The van der Waals surface area contributed by atoms with Crippen LogP contribution in [0.5, 0.6) is 0 Å². The van der Waals surface area contributed by atoms with E-state index in [2.05, 4.69) is 20.4 Å². The molecule has 1 N–H and O–H groups in total. The second-order valence-corrected chi connectivity index (χ2v) is 5.92. The second-order valence-electron chi connectivity index (χ2n) is 5.92. The van der Waals surface area contributed by atoms with Gasteiger partial charge in [0.1, 0.15) is 11.9 Å². The number of nitrogens with zero attached hydrogens (tertiary/aromatic N) is 3. The first-order valence-corrected chi connectivity index (χ1v) is 8.42. The van der Waals surface area contributed by atoms with E-state index in [4.69, 9.17) is 9.26 Å². The number of hydrogen-bond acceptors (Lipinski definition) is 6. The van der Waals surface area contributed by atoms with Gasteiger partial charge in [0, 0.05) is 43.6 Å². The third-order valence-corrected chi connectivity index (χ3v) is 3.93. The lowest BCUT2D eigenvalue weighted by Gasteiger charge is -2.21. The van der Waals surface area contributed by atoms with Gasteiger partial charge in [0.2, 0.25) is 0 Å². The first kappa shape index (κ1) is 16.6. The molecule has 1 unspecified atom stereocenters. The lowest BCUT2D eigenvalue weighted by Crippen LogP contribution is -2.23. The molecule has 0 radical (unpaired) electrons. The number of ether oxygens (including phenoxy) is 1. The Labute approximate surface area is 140 Å². The Bertz CT molecular complexity index is 663. The number of amides is 1. The summed E-state index contributed by atoms with van der Waals surface area (Å²) in [5.74, 6) is 1.18. The smallest absolute Gasteiger partial charge is 0.273 e. The molecule has 7 nitrogen and oxygen atoms in total. The summed E-state index contributed by atoms with van der Waals surface area (Å²) in [4.78, 5) is 20.8. The Kier molecular flexibility index (Phi) is 5.53. The Morgan fingerprint density at radius 2 is 2.17 bits per heavy atom. The first-order chi connectivity index (χ1) is 11.8. The van der Waals surface area contributed by atoms with Crippen LogP contribution >= 0.6 is 0 Å². The Morgan fingerprint density at radius 3 is 2.88 bits per heavy atom. The molecule has 3 heterocycles. The van der Waals surface area contributed by atoms with Gasteiger partial charge in [-0.25, -0.2) is 9.97 Å². The Morgan fingerprint density at radius 1 is 1.33 bits per heavy atom. The van der Waals surface area contributed by atoms with Crippen LogP contribution < -0.4 is 5.32 Å². The van der Waals surface area contributed by atoms with Gasteiger partial charge in [-0.05, 0) is 25.7 Å². The van der Waals surface area contributed by atoms with E-state index in [1.807, 2.05) is 6.92 Å². The Balaban J connectivity index is 1.53. The number of aryl methyl sites for hydroxylation is 1. The van der Waals surface area contributed by atoms with Gasteiger partial charge in [0.25, 0.3) is 5.91 Å². The van der Waals surface area contributed by atoms with Crippen molar-refractivity contribution in [3.8, 4) is 0 Å². The zero-order valence-corrected chi connectivity index (χ0v) is 13.8. The van der Waals surface area contributed by atoms with Gasteiger partial charge in [-0.1, -0.05) is 12.1 Å². The minimum atomic E-state index is -0.263. The average Bonchev–Trinajstić information content (AvgIpc) is 3.10. The van der Waals surface area contributed by atoms with Crippen LogP contribution in [0.2, 0.25) is 0 Å². The van der Waals surface area contributed by atoms with Crippen molar-refractivity contribution in [3.63, 3.8) is 0 Å². The van der Waals surface area contributed by atoms with E-state index in [0.29, 0.717) is 18.1 Å². The van der Waals surface area contributed by atoms with E-state index in [1.165, 1.54) is 0 Å². The molecule has 0 spiro atoms. The number of carbonyl (C=O) groups is 1. The molecular formula is C17H22N4O3. The normalized spacial score (nSPS) is 17.6. The van der Waals surface area contributed by atoms with Crippen LogP contribution in [0, 0.1) is 0 Å². The lowest BCUT2D eigenvalue weighted by molar-refractivity contribution is 0.00940. The van der Waals surface area contributed by atoms with Gasteiger partial charge < -0.3 is 14.6 Å². The Hall–Kier alpha value is -2.28. The molecule has 0 bridgehead atoms. The van der Waals surface area contributed by atoms with Gasteiger partial charge >= 0.3 is 0 Å². The molecule has 0 aromatic carbocycles. The summed E-state index contributed by atoms with van der Waals surface area (Å²) < 4.78 is 10.8. The van der Waals surface area contributed by atoms with Crippen molar-refractivity contribution in [3.05, 3.63) is 41.3 Å². The van der Waals surface area contributed by atoms with Crippen LogP contribution in [0.25, 0.3) is 0 Å². The summed E-state index contributed by atoms with van der Waals surface area (Å²) in [5.41, 5.74) is 1.13. The monoisotopic (exact) mass is 330 g/mol. The highest BCUT2D eigenvalue weighted by atomic mass is 16.5. The van der Waals surface area contributed by atoms with Crippen LogP contribution in [0.15, 0.2) is 23.0 Å². The fourth-order valence-electron chi connectivity index (χ4n) is 2.62. The standard InChI is InChI=1S/C17H22N4O3/c1-2-5-13-8-14(21-24-13)17(22)20-11-12-9-18-16(19-10-12)15-6-3-4-7-23-15/h8-10,15H,2-7,11H2,1H3,(H,20,22). The predicted octanol–water partition coefficient (Wildman–Crippen LogP) is 2.59. The number of rotatable bonds is 6. The minimum Gasteiger partial charge on any atom is -0.370 e. The molecule has 2 aromatic heterocycles. The molecule has 128 valence electrons. The van der Waals surface area contributed by atoms with Crippen LogP contribution in [-0.2, 0) is 17.7 Å². The molecule has 7 heteroatoms. The maximum absolute atomic E-state index is 12.1. The molecule has 1 atom stereocenters. The molecule has 1 fully saturated rings. The summed E-state index contributed by atoms with van der Waals surface area (Å²) in [6.07, 6.45) is 8.38. The van der Waals surface area contributed by atoms with Gasteiger partial charge in [-0.15, -0.1) is 0 Å². The fourth-order valence-corrected chi connectivity index (χ4v) is 2.62. The summed E-state index contributed by atoms with van der Waals surface area (Å²) in [6, 6.07) is 1.68. The topological polar surface area (TPSA) is 90.1 Å². The lowest BCUT2D eigenvalue weighted by atomic mass is 10.1. The minimum absolute atomic E-state index is 0.00509. The molecule has 24 heavy (non-hydrogen) atoms. The molecule has 0 aliphatic carbocycles. The summed E-state index contributed by atoms with van der Waals surface area (Å²) in [5, 5.41) is 6.58. The highest BCUT2D eigenvalue weighted by molar-refractivity contribution is 5.92. The van der Waals surface area contributed by atoms with Crippen LogP contribution in [0.3, 0.4) is 0 Å². The van der Waals surface area contributed by atoms with E-state index in [9.17, 15) is 4.79 Å². The maximum atomic E-state index is 12.1. The molecule has 1 saturated heterocycles. The van der Waals surface area contributed by atoms with E-state index >= 15 is 0 Å². The van der Waals surface area contributed by atoms with E-state index < -0.39 is 0 Å².